The molecule has 0 saturated carbocycles. The lowest BCUT2D eigenvalue weighted by molar-refractivity contribution is 0.0894. The minimum atomic E-state index is -0.305. The Morgan fingerprint density at radius 2 is 1.67 bits per heavy atom. The predicted octanol–water partition coefficient (Wildman–Crippen LogP) is 3.51. The summed E-state index contributed by atoms with van der Waals surface area (Å²) in [6.45, 7) is 7.41. The van der Waals surface area contributed by atoms with Crippen molar-refractivity contribution in [3.05, 3.63) is 61.2 Å². The first-order valence-electron chi connectivity index (χ1n) is 11.3. The van der Waals surface area contributed by atoms with Crippen LogP contribution in [0.15, 0.2) is 61.2 Å². The van der Waals surface area contributed by atoms with Crippen molar-refractivity contribution in [1.29, 1.82) is 0 Å². The second-order valence-corrected chi connectivity index (χ2v) is 10.2. The van der Waals surface area contributed by atoms with Gasteiger partial charge < -0.3 is 25.0 Å². The van der Waals surface area contributed by atoms with E-state index in [-0.39, 0.29) is 4.93 Å². The largest absolute Gasteiger partial charge is 0.493 e. The Bertz CT molecular complexity index is 1020. The van der Waals surface area contributed by atoms with Gasteiger partial charge in [-0.2, -0.15) is 4.09 Å². The van der Waals surface area contributed by atoms with E-state index in [1.807, 2.05) is 12.1 Å². The van der Waals surface area contributed by atoms with Crippen LogP contribution in [0.5, 0.6) is 5.75 Å². The zero-order chi connectivity index (χ0) is 22.7. The van der Waals surface area contributed by atoms with Crippen molar-refractivity contribution in [2.24, 2.45) is 5.92 Å². The number of hydrogen-bond acceptors (Lipinski definition) is 8. The molecule has 0 aliphatic carbocycles. The molecule has 0 radical (unpaired) electrons. The highest BCUT2D eigenvalue weighted by Gasteiger charge is 2.38. The average Bonchev–Trinajstić information content (AvgIpc) is 3.48. The maximum absolute atomic E-state index is 6.08. The van der Waals surface area contributed by atoms with Gasteiger partial charge in [0.15, 0.2) is 0 Å². The number of nitrogen functional groups attached to an aromatic ring is 1. The molecule has 3 aromatic rings. The lowest BCUT2D eigenvalue weighted by Crippen LogP contribution is -2.46. The number of aromatic nitrogens is 3. The summed E-state index contributed by atoms with van der Waals surface area (Å²) in [4.78, 5) is 8.52. The number of ether oxygens (including phenoxy) is 2. The van der Waals surface area contributed by atoms with Crippen LogP contribution in [0.25, 0.3) is 0 Å². The van der Waals surface area contributed by atoms with E-state index in [9.17, 15) is 0 Å². The van der Waals surface area contributed by atoms with Gasteiger partial charge >= 0.3 is 0 Å². The molecule has 8 nitrogen and oxygen atoms in total. The molecule has 2 aromatic carbocycles. The number of hydrogen-bond donors (Lipinski definition) is 1. The highest BCUT2D eigenvalue weighted by molar-refractivity contribution is 7.98. The highest BCUT2D eigenvalue weighted by Crippen LogP contribution is 2.39. The molecule has 2 aliphatic heterocycles. The van der Waals surface area contributed by atoms with Gasteiger partial charge in [0.2, 0.25) is 0 Å². The average molecular weight is 467 g/mol. The van der Waals surface area contributed by atoms with Crippen molar-refractivity contribution >= 4 is 29.0 Å². The maximum atomic E-state index is 6.08. The summed E-state index contributed by atoms with van der Waals surface area (Å²) in [6.07, 6.45) is 4.14. The summed E-state index contributed by atoms with van der Waals surface area (Å²) in [7, 11) is 0. The fraction of sp³-hybridized carbons (Fsp3) is 0.417. The lowest BCUT2D eigenvalue weighted by atomic mass is 10.1. The minimum Gasteiger partial charge on any atom is -0.493 e. The summed E-state index contributed by atoms with van der Waals surface area (Å²) in [5, 5.41) is 4.16. The number of rotatable bonds is 7. The van der Waals surface area contributed by atoms with Crippen molar-refractivity contribution in [3.8, 4) is 5.75 Å². The number of nitrogens with zero attached hydrogens (tertiary/aromatic N) is 5. The molecular formula is C24H30N6O2S. The van der Waals surface area contributed by atoms with Crippen LogP contribution in [-0.4, -0.2) is 58.5 Å². The number of anilines is 3. The molecule has 5 rings (SSSR count). The van der Waals surface area contributed by atoms with Crippen LogP contribution >= 0.6 is 11.9 Å². The molecule has 2 fully saturated rings. The van der Waals surface area contributed by atoms with Gasteiger partial charge in [0.05, 0.1) is 13.2 Å². The Hall–Kier alpha value is -2.91. The van der Waals surface area contributed by atoms with Crippen molar-refractivity contribution < 1.29 is 9.47 Å². The van der Waals surface area contributed by atoms with E-state index in [1.165, 1.54) is 17.7 Å². The molecule has 1 unspecified atom stereocenters. The van der Waals surface area contributed by atoms with Crippen molar-refractivity contribution in [2.75, 3.05) is 54.9 Å². The van der Waals surface area contributed by atoms with Gasteiger partial charge in [0, 0.05) is 61.1 Å². The third-order valence-corrected chi connectivity index (χ3v) is 7.24. The van der Waals surface area contributed by atoms with Crippen LogP contribution in [-0.2, 0) is 4.74 Å². The molecular weight excluding hydrogens is 436 g/mol. The number of benzene rings is 2. The molecule has 2 saturated heterocycles. The zero-order valence-corrected chi connectivity index (χ0v) is 19.7. The first-order valence-corrected chi connectivity index (χ1v) is 12.1. The smallest absolute Gasteiger partial charge is 0.138 e. The van der Waals surface area contributed by atoms with Gasteiger partial charge in [-0.05, 0) is 61.9 Å². The molecule has 33 heavy (non-hydrogen) atoms. The van der Waals surface area contributed by atoms with Crippen LogP contribution in [0.1, 0.15) is 13.3 Å². The topological polar surface area (TPSA) is 81.7 Å². The molecule has 1 aromatic heterocycles. The van der Waals surface area contributed by atoms with Crippen molar-refractivity contribution in [1.82, 2.24) is 14.2 Å². The minimum absolute atomic E-state index is 0.305. The number of nitrogens with two attached hydrogens (primary N) is 1. The summed E-state index contributed by atoms with van der Waals surface area (Å²) in [5.74, 6) is 1.25. The Morgan fingerprint density at radius 1 is 1.03 bits per heavy atom. The monoisotopic (exact) mass is 466 g/mol. The van der Waals surface area contributed by atoms with Gasteiger partial charge in [-0.1, -0.05) is 0 Å². The molecule has 174 valence electrons. The SMILES string of the molecule is CC1(Sn2cncn2)C[C@H](COc2ccc(N3CCN(c4ccc(N)cc4)CC3)cc2)CO1. The van der Waals surface area contributed by atoms with Gasteiger partial charge in [0.25, 0.3) is 0 Å². The summed E-state index contributed by atoms with van der Waals surface area (Å²) in [6, 6.07) is 16.6. The van der Waals surface area contributed by atoms with Gasteiger partial charge in [-0.3, -0.25) is 0 Å². The quantitative estimate of drug-likeness (QED) is 0.530. The normalized spacial score (nSPS) is 23.1. The van der Waals surface area contributed by atoms with Crippen molar-refractivity contribution in [3.63, 3.8) is 0 Å². The summed E-state index contributed by atoms with van der Waals surface area (Å²) in [5.41, 5.74) is 9.09. The van der Waals surface area contributed by atoms with Gasteiger partial charge in [0.1, 0.15) is 23.3 Å². The molecule has 2 atom stereocenters. The van der Waals surface area contributed by atoms with E-state index in [4.69, 9.17) is 15.2 Å². The number of piperazine rings is 1. The fourth-order valence-electron chi connectivity index (χ4n) is 4.42. The maximum Gasteiger partial charge on any atom is 0.138 e. The lowest BCUT2D eigenvalue weighted by Gasteiger charge is -2.37. The molecule has 9 heteroatoms. The van der Waals surface area contributed by atoms with Crippen LogP contribution < -0.4 is 20.3 Å². The Balaban J connectivity index is 1.08. The highest BCUT2D eigenvalue weighted by atomic mass is 32.2. The van der Waals surface area contributed by atoms with E-state index in [0.717, 1.165) is 44.0 Å². The summed E-state index contributed by atoms with van der Waals surface area (Å²) < 4.78 is 13.9. The summed E-state index contributed by atoms with van der Waals surface area (Å²) >= 11 is 1.55. The Labute approximate surface area is 198 Å². The van der Waals surface area contributed by atoms with Gasteiger partial charge in [-0.15, -0.1) is 5.10 Å². The van der Waals surface area contributed by atoms with Crippen LogP contribution in [0.2, 0.25) is 0 Å². The zero-order valence-electron chi connectivity index (χ0n) is 18.8. The van der Waals surface area contributed by atoms with E-state index >= 15 is 0 Å². The molecule has 2 aliphatic rings. The standard InChI is InChI=1S/C24H30N6O2S/c1-24(33-30-18-26-17-27-30)14-19(16-32-24)15-31-23-8-6-22(7-9-23)29-12-10-28(11-13-29)21-4-2-20(25)3-5-21/h2-9,17-19H,10-16,25H2,1H3/t19-,24?/m1/s1. The second kappa shape index (κ2) is 9.52. The molecule has 0 spiro atoms. The van der Waals surface area contributed by atoms with Crippen molar-refractivity contribution in [2.45, 2.75) is 18.3 Å². The Morgan fingerprint density at radius 3 is 2.27 bits per heavy atom. The van der Waals surface area contributed by atoms with Crippen LogP contribution in [0.3, 0.4) is 0 Å². The molecule has 0 bridgehead atoms. The molecule has 0 amide bonds. The van der Waals surface area contributed by atoms with Crippen LogP contribution in [0.4, 0.5) is 17.1 Å². The van der Waals surface area contributed by atoms with E-state index in [0.29, 0.717) is 19.1 Å². The first-order chi connectivity index (χ1) is 16.1. The first kappa shape index (κ1) is 21.9. The fourth-order valence-corrected chi connectivity index (χ4v) is 5.44. The van der Waals surface area contributed by atoms with E-state index in [1.54, 1.807) is 22.4 Å². The Kier molecular flexibility index (Phi) is 6.32. The van der Waals surface area contributed by atoms with Crippen LogP contribution in [0, 0.1) is 5.92 Å². The van der Waals surface area contributed by atoms with E-state index in [2.05, 4.69) is 63.2 Å². The third kappa shape index (κ3) is 5.36. The van der Waals surface area contributed by atoms with Gasteiger partial charge in [-0.25, -0.2) is 4.98 Å². The van der Waals surface area contributed by atoms with E-state index < -0.39 is 0 Å². The molecule has 2 N–H and O–H groups in total. The second-order valence-electron chi connectivity index (χ2n) is 8.77. The third-order valence-electron chi connectivity index (χ3n) is 6.19. The predicted molar refractivity (Wildman–Crippen MR) is 133 cm³/mol. The molecule has 3 heterocycles.